The number of piperidine rings is 1. The number of hydrogen-bond donors (Lipinski definition) is 0. The van der Waals surface area contributed by atoms with Crippen LogP contribution in [0.15, 0.2) is 24.3 Å². The number of nitro benzene ring substituents is 1. The van der Waals surface area contributed by atoms with E-state index in [-0.39, 0.29) is 23.9 Å². The van der Waals surface area contributed by atoms with Crippen LogP contribution < -0.4 is 0 Å². The fourth-order valence-electron chi connectivity index (χ4n) is 3.32. The maximum Gasteiger partial charge on any atom is 0.410 e. The Morgan fingerprint density at radius 1 is 1.46 bits per heavy atom. The quantitative estimate of drug-likeness (QED) is 0.471. The number of non-ortho nitro benzene ring substituents is 1. The van der Waals surface area contributed by atoms with E-state index in [1.807, 2.05) is 33.8 Å². The number of hydrogen-bond acceptors (Lipinski definition) is 5. The SMILES string of the molecule is CC1CC2(c3cccc([N+](=O)[O-])c3)OC2CN1C(=O)OC(C)(C)C. The second kappa shape index (κ2) is 5.44. The minimum atomic E-state index is -0.546. The topological polar surface area (TPSA) is 85.2 Å². The molecule has 0 saturated carbocycles. The summed E-state index contributed by atoms with van der Waals surface area (Å²) in [5.74, 6) is 0. The van der Waals surface area contributed by atoms with Crippen LogP contribution in [0.4, 0.5) is 10.5 Å². The molecule has 0 radical (unpaired) electrons. The van der Waals surface area contributed by atoms with Crippen LogP contribution in [0, 0.1) is 10.1 Å². The highest BCUT2D eigenvalue weighted by Crippen LogP contribution is 2.54. The molecular formula is C17H22N2O5. The summed E-state index contributed by atoms with van der Waals surface area (Å²) < 4.78 is 11.3. The Labute approximate surface area is 140 Å². The van der Waals surface area contributed by atoms with Crippen LogP contribution in [0.3, 0.4) is 0 Å². The first-order valence-electron chi connectivity index (χ1n) is 8.05. The number of benzene rings is 1. The van der Waals surface area contributed by atoms with Gasteiger partial charge in [0.25, 0.3) is 5.69 Å². The molecule has 2 fully saturated rings. The summed E-state index contributed by atoms with van der Waals surface area (Å²) in [6, 6.07) is 6.49. The molecule has 1 aromatic carbocycles. The highest BCUT2D eigenvalue weighted by Gasteiger charge is 2.62. The maximum atomic E-state index is 12.3. The zero-order valence-corrected chi connectivity index (χ0v) is 14.3. The van der Waals surface area contributed by atoms with Crippen molar-refractivity contribution < 1.29 is 19.2 Å². The summed E-state index contributed by atoms with van der Waals surface area (Å²) >= 11 is 0. The Morgan fingerprint density at radius 3 is 2.79 bits per heavy atom. The zero-order valence-electron chi connectivity index (χ0n) is 14.3. The molecule has 0 bridgehead atoms. The van der Waals surface area contributed by atoms with E-state index in [0.717, 1.165) is 5.56 Å². The highest BCUT2D eigenvalue weighted by molar-refractivity contribution is 5.69. The molecule has 7 nitrogen and oxygen atoms in total. The van der Waals surface area contributed by atoms with Crippen molar-refractivity contribution in [3.8, 4) is 0 Å². The number of ether oxygens (including phenoxy) is 2. The molecule has 3 unspecified atom stereocenters. The van der Waals surface area contributed by atoms with Gasteiger partial charge >= 0.3 is 6.09 Å². The van der Waals surface area contributed by atoms with Crippen LogP contribution in [0.2, 0.25) is 0 Å². The third-order valence-electron chi connectivity index (χ3n) is 4.48. The lowest BCUT2D eigenvalue weighted by atomic mass is 9.85. The molecular weight excluding hydrogens is 312 g/mol. The van der Waals surface area contributed by atoms with Crippen molar-refractivity contribution in [1.29, 1.82) is 0 Å². The Bertz CT molecular complexity index is 684. The van der Waals surface area contributed by atoms with Gasteiger partial charge in [0, 0.05) is 24.6 Å². The number of rotatable bonds is 2. The molecule has 1 amide bonds. The average molecular weight is 334 g/mol. The summed E-state index contributed by atoms with van der Waals surface area (Å²) in [5.41, 5.74) is -0.213. The molecule has 3 rings (SSSR count). The normalized spacial score (nSPS) is 28.9. The van der Waals surface area contributed by atoms with Gasteiger partial charge in [0.15, 0.2) is 0 Å². The van der Waals surface area contributed by atoms with Gasteiger partial charge in [-0.3, -0.25) is 10.1 Å². The molecule has 7 heteroatoms. The van der Waals surface area contributed by atoms with Crippen molar-refractivity contribution in [2.75, 3.05) is 6.54 Å². The fraction of sp³-hybridized carbons (Fsp3) is 0.588. The number of amides is 1. The highest BCUT2D eigenvalue weighted by atomic mass is 16.6. The van der Waals surface area contributed by atoms with Gasteiger partial charge in [-0.05, 0) is 33.3 Å². The summed E-state index contributed by atoms with van der Waals surface area (Å²) in [6.07, 6.45) is 0.0966. The van der Waals surface area contributed by atoms with E-state index in [2.05, 4.69) is 0 Å². The van der Waals surface area contributed by atoms with Gasteiger partial charge in [0.1, 0.15) is 17.3 Å². The molecule has 2 aliphatic heterocycles. The first-order chi connectivity index (χ1) is 11.1. The summed E-state index contributed by atoms with van der Waals surface area (Å²) in [7, 11) is 0. The second-order valence-electron chi connectivity index (χ2n) is 7.49. The van der Waals surface area contributed by atoms with Crippen LogP contribution in [-0.4, -0.2) is 40.2 Å². The van der Waals surface area contributed by atoms with Crippen LogP contribution >= 0.6 is 0 Å². The third-order valence-corrected chi connectivity index (χ3v) is 4.48. The molecule has 3 atom stereocenters. The lowest BCUT2D eigenvalue weighted by Crippen LogP contribution is -2.49. The summed E-state index contributed by atoms with van der Waals surface area (Å²) in [5, 5.41) is 11.0. The van der Waals surface area contributed by atoms with E-state index in [4.69, 9.17) is 9.47 Å². The lowest BCUT2D eigenvalue weighted by molar-refractivity contribution is -0.385. The van der Waals surface area contributed by atoms with Crippen molar-refractivity contribution in [1.82, 2.24) is 4.90 Å². The van der Waals surface area contributed by atoms with Gasteiger partial charge in [-0.2, -0.15) is 0 Å². The minimum Gasteiger partial charge on any atom is -0.444 e. The van der Waals surface area contributed by atoms with Gasteiger partial charge in [0.2, 0.25) is 0 Å². The second-order valence-corrected chi connectivity index (χ2v) is 7.49. The van der Waals surface area contributed by atoms with Gasteiger partial charge in [-0.25, -0.2) is 4.79 Å². The minimum absolute atomic E-state index is 0.0540. The van der Waals surface area contributed by atoms with Gasteiger partial charge in [0.05, 0.1) is 11.5 Å². The standard InChI is InChI=1S/C17H22N2O5/c1-11-9-17(12-6-5-7-13(8-12)19(21)22)14(23-17)10-18(11)15(20)24-16(2,3)4/h5-8,11,14H,9-10H2,1-4H3. The van der Waals surface area contributed by atoms with Crippen LogP contribution in [-0.2, 0) is 15.1 Å². The Kier molecular flexibility index (Phi) is 3.79. The lowest BCUT2D eigenvalue weighted by Gasteiger charge is -2.36. The van der Waals surface area contributed by atoms with E-state index in [9.17, 15) is 14.9 Å². The first kappa shape index (κ1) is 16.7. The summed E-state index contributed by atoms with van der Waals surface area (Å²) in [6.45, 7) is 7.88. The molecule has 0 aliphatic carbocycles. The largest absolute Gasteiger partial charge is 0.444 e. The number of carbonyl (C=O) groups excluding carboxylic acids is 1. The fourth-order valence-corrected chi connectivity index (χ4v) is 3.32. The molecule has 0 spiro atoms. The number of carbonyl (C=O) groups is 1. The van der Waals surface area contributed by atoms with Crippen molar-refractivity contribution in [3.05, 3.63) is 39.9 Å². The molecule has 2 aliphatic rings. The molecule has 24 heavy (non-hydrogen) atoms. The van der Waals surface area contributed by atoms with Crippen LogP contribution in [0.1, 0.15) is 39.7 Å². The third kappa shape index (κ3) is 2.96. The molecule has 2 heterocycles. The Hall–Kier alpha value is -2.15. The molecule has 1 aromatic rings. The average Bonchev–Trinajstić information content (AvgIpc) is 3.19. The monoisotopic (exact) mass is 334 g/mol. The first-order valence-corrected chi connectivity index (χ1v) is 8.05. The van der Waals surface area contributed by atoms with Gasteiger partial charge in [-0.1, -0.05) is 12.1 Å². The van der Waals surface area contributed by atoms with E-state index in [0.29, 0.717) is 13.0 Å². The predicted molar refractivity (Wildman–Crippen MR) is 86.7 cm³/mol. The van der Waals surface area contributed by atoms with Crippen molar-refractivity contribution in [2.45, 2.75) is 57.5 Å². The molecule has 0 aromatic heterocycles. The molecule has 130 valence electrons. The number of likely N-dealkylation sites (tertiary alicyclic amines) is 1. The van der Waals surface area contributed by atoms with Crippen LogP contribution in [0.5, 0.6) is 0 Å². The predicted octanol–water partition coefficient (Wildman–Crippen LogP) is 3.22. The van der Waals surface area contributed by atoms with Crippen molar-refractivity contribution in [2.24, 2.45) is 0 Å². The van der Waals surface area contributed by atoms with Crippen molar-refractivity contribution >= 4 is 11.8 Å². The van der Waals surface area contributed by atoms with E-state index in [1.165, 1.54) is 6.07 Å². The zero-order chi connectivity index (χ0) is 17.7. The summed E-state index contributed by atoms with van der Waals surface area (Å²) in [4.78, 5) is 24.6. The maximum absolute atomic E-state index is 12.3. The molecule has 0 N–H and O–H groups in total. The van der Waals surface area contributed by atoms with E-state index >= 15 is 0 Å². The number of fused-ring (bicyclic) bond motifs is 1. The van der Waals surface area contributed by atoms with Crippen molar-refractivity contribution in [3.63, 3.8) is 0 Å². The van der Waals surface area contributed by atoms with Gasteiger partial charge in [-0.15, -0.1) is 0 Å². The smallest absolute Gasteiger partial charge is 0.410 e. The number of nitrogens with zero attached hydrogens (tertiary/aromatic N) is 2. The van der Waals surface area contributed by atoms with Crippen LogP contribution in [0.25, 0.3) is 0 Å². The number of epoxide rings is 1. The van der Waals surface area contributed by atoms with Gasteiger partial charge < -0.3 is 14.4 Å². The Morgan fingerprint density at radius 2 is 2.17 bits per heavy atom. The van der Waals surface area contributed by atoms with E-state index in [1.54, 1.807) is 17.0 Å². The molecule has 2 saturated heterocycles. The Balaban J connectivity index is 1.77. The number of nitro groups is 1. The van der Waals surface area contributed by atoms with E-state index < -0.39 is 16.1 Å².